The molecule has 0 unspecified atom stereocenters. The minimum atomic E-state index is -0.481. The molecule has 0 saturated heterocycles. The molecule has 3 nitrogen and oxygen atoms in total. The van der Waals surface area contributed by atoms with Crippen molar-refractivity contribution >= 4 is 5.91 Å². The number of rotatable bonds is 3. The number of halogens is 1. The molecule has 1 N–H and O–H groups in total. The number of benzene rings is 1. The van der Waals surface area contributed by atoms with Crippen molar-refractivity contribution in [3.8, 4) is 11.8 Å². The van der Waals surface area contributed by atoms with E-state index in [0.717, 1.165) is 6.42 Å². The van der Waals surface area contributed by atoms with E-state index in [4.69, 9.17) is 5.11 Å². The second kappa shape index (κ2) is 6.53. The summed E-state index contributed by atoms with van der Waals surface area (Å²) in [6.07, 6.45) is 0.780. The van der Waals surface area contributed by atoms with Crippen molar-refractivity contribution < 1.29 is 14.3 Å². The number of nitrogens with zero attached hydrogens (tertiary/aromatic N) is 1. The second-order valence-corrected chi connectivity index (χ2v) is 5.18. The Kier molecular flexibility index (Phi) is 5.29. The number of carbonyl (C=O) groups excluding carboxylic acids is 1. The third kappa shape index (κ3) is 3.58. The van der Waals surface area contributed by atoms with Gasteiger partial charge in [0.15, 0.2) is 0 Å². The summed E-state index contributed by atoms with van der Waals surface area (Å²) in [5, 5.41) is 8.75. The number of hydrogen-bond acceptors (Lipinski definition) is 2. The van der Waals surface area contributed by atoms with E-state index in [-0.39, 0.29) is 23.6 Å². The summed E-state index contributed by atoms with van der Waals surface area (Å²) in [6.45, 7) is 5.58. The lowest BCUT2D eigenvalue weighted by atomic mass is 9.97. The van der Waals surface area contributed by atoms with Crippen LogP contribution in [-0.2, 0) is 0 Å². The average molecular weight is 277 g/mol. The number of hydrogen-bond donors (Lipinski definition) is 1. The van der Waals surface area contributed by atoms with Crippen LogP contribution >= 0.6 is 0 Å². The normalized spacial score (nSPS) is 10.7. The molecule has 0 aromatic heterocycles. The molecule has 0 fully saturated rings. The first-order chi connectivity index (χ1) is 9.33. The first kappa shape index (κ1) is 16.2. The Labute approximate surface area is 119 Å². The van der Waals surface area contributed by atoms with Gasteiger partial charge in [-0.2, -0.15) is 0 Å². The van der Waals surface area contributed by atoms with E-state index in [1.165, 1.54) is 18.2 Å². The van der Waals surface area contributed by atoms with E-state index in [0.29, 0.717) is 5.56 Å². The monoisotopic (exact) mass is 277 g/mol. The van der Waals surface area contributed by atoms with E-state index in [1.807, 2.05) is 20.8 Å². The number of carbonyl (C=O) groups is 1. The van der Waals surface area contributed by atoms with Crippen LogP contribution in [0.5, 0.6) is 0 Å². The van der Waals surface area contributed by atoms with E-state index in [2.05, 4.69) is 11.8 Å². The molecule has 4 heteroatoms. The highest BCUT2D eigenvalue weighted by molar-refractivity contribution is 5.97. The van der Waals surface area contributed by atoms with E-state index in [1.54, 1.807) is 11.9 Å². The lowest BCUT2D eigenvalue weighted by Gasteiger charge is -2.35. The van der Waals surface area contributed by atoms with Gasteiger partial charge in [0, 0.05) is 18.2 Å². The topological polar surface area (TPSA) is 40.5 Å². The van der Waals surface area contributed by atoms with Gasteiger partial charge in [-0.05, 0) is 38.5 Å². The van der Waals surface area contributed by atoms with Gasteiger partial charge >= 0.3 is 0 Å². The van der Waals surface area contributed by atoms with Crippen LogP contribution in [-0.4, -0.2) is 35.1 Å². The lowest BCUT2D eigenvalue weighted by Crippen LogP contribution is -2.44. The molecule has 1 amide bonds. The highest BCUT2D eigenvalue weighted by Crippen LogP contribution is 2.21. The summed E-state index contributed by atoms with van der Waals surface area (Å²) in [5.74, 6) is 4.40. The SMILES string of the molecule is CCC(C)(C)N(C)C(=O)c1cc(F)ccc1C#CCO. The Balaban J connectivity index is 3.24. The summed E-state index contributed by atoms with van der Waals surface area (Å²) < 4.78 is 13.4. The van der Waals surface area contributed by atoms with Crippen LogP contribution in [0, 0.1) is 17.7 Å². The van der Waals surface area contributed by atoms with Crippen molar-refractivity contribution in [3.63, 3.8) is 0 Å². The van der Waals surface area contributed by atoms with Gasteiger partial charge in [-0.1, -0.05) is 18.8 Å². The van der Waals surface area contributed by atoms with Crippen LogP contribution in [0.25, 0.3) is 0 Å². The third-order valence-electron chi connectivity index (χ3n) is 3.59. The highest BCUT2D eigenvalue weighted by Gasteiger charge is 2.27. The predicted molar refractivity (Wildman–Crippen MR) is 76.8 cm³/mol. The van der Waals surface area contributed by atoms with Crippen molar-refractivity contribution in [2.45, 2.75) is 32.7 Å². The number of aliphatic hydroxyl groups is 1. The van der Waals surface area contributed by atoms with Gasteiger partial charge in [0.1, 0.15) is 12.4 Å². The fourth-order valence-corrected chi connectivity index (χ4v) is 1.63. The number of aliphatic hydroxyl groups excluding tert-OH is 1. The van der Waals surface area contributed by atoms with Gasteiger partial charge in [0.05, 0.1) is 5.56 Å². The van der Waals surface area contributed by atoms with Crippen molar-refractivity contribution in [1.82, 2.24) is 4.90 Å². The Morgan fingerprint density at radius 3 is 2.65 bits per heavy atom. The van der Waals surface area contributed by atoms with Crippen molar-refractivity contribution in [2.75, 3.05) is 13.7 Å². The van der Waals surface area contributed by atoms with Gasteiger partial charge in [-0.15, -0.1) is 0 Å². The molecular weight excluding hydrogens is 257 g/mol. The van der Waals surface area contributed by atoms with Crippen LogP contribution < -0.4 is 0 Å². The van der Waals surface area contributed by atoms with Crippen molar-refractivity contribution in [3.05, 3.63) is 35.1 Å². The molecule has 1 rings (SSSR count). The van der Waals surface area contributed by atoms with E-state index >= 15 is 0 Å². The zero-order valence-corrected chi connectivity index (χ0v) is 12.3. The first-order valence-corrected chi connectivity index (χ1v) is 6.51. The molecule has 0 aliphatic heterocycles. The van der Waals surface area contributed by atoms with Crippen molar-refractivity contribution in [1.29, 1.82) is 0 Å². The maximum atomic E-state index is 13.4. The summed E-state index contributed by atoms with van der Waals surface area (Å²) >= 11 is 0. The fraction of sp³-hybridized carbons (Fsp3) is 0.438. The van der Waals surface area contributed by atoms with E-state index < -0.39 is 5.82 Å². The second-order valence-electron chi connectivity index (χ2n) is 5.18. The van der Waals surface area contributed by atoms with Crippen LogP contribution in [0.4, 0.5) is 4.39 Å². The average Bonchev–Trinajstić information content (AvgIpc) is 2.44. The largest absolute Gasteiger partial charge is 0.384 e. The van der Waals surface area contributed by atoms with Gasteiger partial charge < -0.3 is 10.0 Å². The zero-order chi connectivity index (χ0) is 15.3. The van der Waals surface area contributed by atoms with Gasteiger partial charge in [0.25, 0.3) is 5.91 Å². The third-order valence-corrected chi connectivity index (χ3v) is 3.59. The molecule has 20 heavy (non-hydrogen) atoms. The molecule has 0 bridgehead atoms. The Bertz CT molecular complexity index is 555. The Hall–Kier alpha value is -1.86. The van der Waals surface area contributed by atoms with Crippen LogP contribution in [0.3, 0.4) is 0 Å². The van der Waals surface area contributed by atoms with E-state index in [9.17, 15) is 9.18 Å². The molecule has 0 heterocycles. The molecule has 0 saturated carbocycles. The molecular formula is C16H20FNO2. The molecule has 0 radical (unpaired) electrons. The zero-order valence-electron chi connectivity index (χ0n) is 12.3. The lowest BCUT2D eigenvalue weighted by molar-refractivity contribution is 0.0619. The molecule has 0 aliphatic rings. The fourth-order valence-electron chi connectivity index (χ4n) is 1.63. The predicted octanol–water partition coefficient (Wildman–Crippen LogP) is 2.43. The molecule has 0 aliphatic carbocycles. The molecule has 1 aromatic rings. The summed E-state index contributed by atoms with van der Waals surface area (Å²) in [6, 6.07) is 3.90. The minimum absolute atomic E-state index is 0.218. The summed E-state index contributed by atoms with van der Waals surface area (Å²) in [5.41, 5.74) is 0.310. The minimum Gasteiger partial charge on any atom is -0.384 e. The van der Waals surface area contributed by atoms with Gasteiger partial charge in [0.2, 0.25) is 0 Å². The summed E-state index contributed by atoms with van der Waals surface area (Å²) in [4.78, 5) is 14.1. The maximum absolute atomic E-state index is 13.4. The quantitative estimate of drug-likeness (QED) is 0.862. The van der Waals surface area contributed by atoms with Gasteiger partial charge in [-0.25, -0.2) is 4.39 Å². The van der Waals surface area contributed by atoms with Crippen LogP contribution in [0.15, 0.2) is 18.2 Å². The number of amides is 1. The molecule has 1 aromatic carbocycles. The Morgan fingerprint density at radius 2 is 2.10 bits per heavy atom. The summed E-state index contributed by atoms with van der Waals surface area (Å²) in [7, 11) is 1.69. The maximum Gasteiger partial charge on any atom is 0.255 e. The standard InChI is InChI=1S/C16H20FNO2/c1-5-16(2,3)18(4)15(20)14-11-13(17)9-8-12(14)7-6-10-19/h8-9,11,19H,5,10H2,1-4H3. The Morgan fingerprint density at radius 1 is 1.45 bits per heavy atom. The first-order valence-electron chi connectivity index (χ1n) is 6.51. The van der Waals surface area contributed by atoms with Crippen LogP contribution in [0.2, 0.25) is 0 Å². The molecule has 0 atom stereocenters. The van der Waals surface area contributed by atoms with Gasteiger partial charge in [-0.3, -0.25) is 4.79 Å². The molecule has 0 spiro atoms. The van der Waals surface area contributed by atoms with Crippen molar-refractivity contribution in [2.24, 2.45) is 0 Å². The highest BCUT2D eigenvalue weighted by atomic mass is 19.1. The smallest absolute Gasteiger partial charge is 0.255 e. The van der Waals surface area contributed by atoms with Crippen LogP contribution in [0.1, 0.15) is 43.1 Å². The molecule has 108 valence electrons.